The quantitative estimate of drug-likeness (QED) is 0.415. The van der Waals surface area contributed by atoms with Crippen LogP contribution in [0.1, 0.15) is 31.7 Å². The molecule has 2 heterocycles. The summed E-state index contributed by atoms with van der Waals surface area (Å²) >= 11 is 0. The fourth-order valence-electron chi connectivity index (χ4n) is 3.35. The highest BCUT2D eigenvalue weighted by Gasteiger charge is 2.20. The molecule has 1 unspecified atom stereocenters. The summed E-state index contributed by atoms with van der Waals surface area (Å²) in [4.78, 5) is 6.80. The third-order valence-electron chi connectivity index (χ3n) is 4.51. The highest BCUT2D eigenvalue weighted by molar-refractivity contribution is 5.79. The topological polar surface area (TPSA) is 66.7 Å². The number of aryl methyl sites for hydroxylation is 3. The van der Waals surface area contributed by atoms with Gasteiger partial charge in [-0.15, -0.1) is 0 Å². The van der Waals surface area contributed by atoms with Crippen LogP contribution in [0.25, 0.3) is 0 Å². The second kappa shape index (κ2) is 10.5. The number of guanidine groups is 1. The van der Waals surface area contributed by atoms with Crippen LogP contribution in [0.5, 0.6) is 0 Å². The molecule has 1 fully saturated rings. The molecule has 1 aromatic heterocycles. The third kappa shape index (κ3) is 6.96. The SMILES string of the molecule is CN=C(NCCCn1nc(C)cc1C)NCC1CN(CC(C)C)CCO1. The number of aromatic nitrogens is 2. The lowest BCUT2D eigenvalue weighted by Crippen LogP contribution is -2.50. The fourth-order valence-corrected chi connectivity index (χ4v) is 3.35. The van der Waals surface area contributed by atoms with Gasteiger partial charge in [-0.1, -0.05) is 13.8 Å². The molecule has 1 aliphatic rings. The molecule has 2 rings (SSSR count). The first-order chi connectivity index (χ1) is 12.5. The van der Waals surface area contributed by atoms with E-state index in [0.717, 1.165) is 63.9 Å². The predicted molar refractivity (Wildman–Crippen MR) is 107 cm³/mol. The lowest BCUT2D eigenvalue weighted by molar-refractivity contribution is -0.0284. The van der Waals surface area contributed by atoms with Crippen LogP contribution in [0.3, 0.4) is 0 Å². The largest absolute Gasteiger partial charge is 0.374 e. The van der Waals surface area contributed by atoms with Gasteiger partial charge in [0.25, 0.3) is 0 Å². The zero-order valence-electron chi connectivity index (χ0n) is 17.1. The molecule has 0 radical (unpaired) electrons. The van der Waals surface area contributed by atoms with E-state index in [1.807, 2.05) is 14.0 Å². The highest BCUT2D eigenvalue weighted by Crippen LogP contribution is 2.07. The van der Waals surface area contributed by atoms with Crippen LogP contribution in [0, 0.1) is 19.8 Å². The number of hydrogen-bond donors (Lipinski definition) is 2. The van der Waals surface area contributed by atoms with Gasteiger partial charge in [-0.05, 0) is 32.3 Å². The maximum absolute atomic E-state index is 5.89. The van der Waals surface area contributed by atoms with Gasteiger partial charge in [0.1, 0.15) is 0 Å². The van der Waals surface area contributed by atoms with Crippen LogP contribution >= 0.6 is 0 Å². The molecule has 0 amide bonds. The molecule has 2 N–H and O–H groups in total. The van der Waals surface area contributed by atoms with Crippen molar-refractivity contribution in [2.24, 2.45) is 10.9 Å². The molecule has 0 aromatic carbocycles. The zero-order valence-corrected chi connectivity index (χ0v) is 17.1. The first-order valence-electron chi connectivity index (χ1n) is 9.77. The summed E-state index contributed by atoms with van der Waals surface area (Å²) < 4.78 is 7.95. The Morgan fingerprint density at radius 2 is 2.19 bits per heavy atom. The maximum atomic E-state index is 5.89. The van der Waals surface area contributed by atoms with E-state index in [4.69, 9.17) is 4.74 Å². The van der Waals surface area contributed by atoms with Gasteiger partial charge in [0, 0.05) is 52.0 Å². The standard InChI is InChI=1S/C19H36N6O/c1-15(2)13-24-9-10-26-18(14-24)12-22-19(20-5)21-7-6-8-25-17(4)11-16(3)23-25/h11,15,18H,6-10,12-14H2,1-5H3,(H2,20,21,22). The number of hydrogen-bond acceptors (Lipinski definition) is 4. The van der Waals surface area contributed by atoms with Gasteiger partial charge in [0.15, 0.2) is 5.96 Å². The lowest BCUT2D eigenvalue weighted by atomic mass is 10.2. The summed E-state index contributed by atoms with van der Waals surface area (Å²) in [7, 11) is 1.81. The minimum absolute atomic E-state index is 0.218. The Kier molecular flexibility index (Phi) is 8.38. The van der Waals surface area contributed by atoms with Gasteiger partial charge in [0.05, 0.1) is 18.4 Å². The minimum atomic E-state index is 0.218. The van der Waals surface area contributed by atoms with Crippen molar-refractivity contribution in [2.45, 2.75) is 46.8 Å². The van der Waals surface area contributed by atoms with E-state index < -0.39 is 0 Å². The Morgan fingerprint density at radius 3 is 2.85 bits per heavy atom. The average Bonchev–Trinajstić information content (AvgIpc) is 2.91. The molecule has 0 saturated carbocycles. The van der Waals surface area contributed by atoms with Crippen molar-refractivity contribution in [2.75, 3.05) is 46.4 Å². The molecule has 1 aliphatic heterocycles. The molecule has 148 valence electrons. The normalized spacial score (nSPS) is 19.2. The van der Waals surface area contributed by atoms with Crippen molar-refractivity contribution in [1.29, 1.82) is 0 Å². The van der Waals surface area contributed by atoms with Gasteiger partial charge < -0.3 is 15.4 Å². The number of nitrogens with one attached hydrogen (secondary N) is 2. The Morgan fingerprint density at radius 1 is 1.38 bits per heavy atom. The highest BCUT2D eigenvalue weighted by atomic mass is 16.5. The molecular weight excluding hydrogens is 328 g/mol. The molecule has 0 aliphatic carbocycles. The number of aliphatic imine (C=N–C) groups is 1. The first-order valence-corrected chi connectivity index (χ1v) is 9.77. The van der Waals surface area contributed by atoms with Gasteiger partial charge in [-0.2, -0.15) is 5.10 Å². The molecule has 7 heteroatoms. The summed E-state index contributed by atoms with van der Waals surface area (Å²) in [6, 6.07) is 2.11. The summed E-state index contributed by atoms with van der Waals surface area (Å²) in [6.45, 7) is 15.2. The van der Waals surface area contributed by atoms with E-state index in [-0.39, 0.29) is 6.10 Å². The van der Waals surface area contributed by atoms with Crippen molar-refractivity contribution in [3.05, 3.63) is 17.5 Å². The number of rotatable bonds is 8. The van der Waals surface area contributed by atoms with Crippen molar-refractivity contribution < 1.29 is 4.74 Å². The van der Waals surface area contributed by atoms with Crippen molar-refractivity contribution in [1.82, 2.24) is 25.3 Å². The van der Waals surface area contributed by atoms with E-state index in [1.165, 1.54) is 5.69 Å². The summed E-state index contributed by atoms with van der Waals surface area (Å²) in [5.41, 5.74) is 2.29. The second-order valence-corrected chi connectivity index (χ2v) is 7.53. The molecule has 26 heavy (non-hydrogen) atoms. The Balaban J connectivity index is 1.65. The fraction of sp³-hybridized carbons (Fsp3) is 0.789. The monoisotopic (exact) mass is 364 g/mol. The van der Waals surface area contributed by atoms with Gasteiger partial charge >= 0.3 is 0 Å². The third-order valence-corrected chi connectivity index (χ3v) is 4.51. The Bertz CT molecular complexity index is 568. The van der Waals surface area contributed by atoms with E-state index in [9.17, 15) is 0 Å². The van der Waals surface area contributed by atoms with E-state index in [0.29, 0.717) is 5.92 Å². The number of morpholine rings is 1. The molecule has 0 spiro atoms. The van der Waals surface area contributed by atoms with Crippen LogP contribution in [0.2, 0.25) is 0 Å². The predicted octanol–water partition coefficient (Wildman–Crippen LogP) is 1.41. The number of nitrogens with zero attached hydrogens (tertiary/aromatic N) is 4. The van der Waals surface area contributed by atoms with Gasteiger partial charge in [-0.3, -0.25) is 14.6 Å². The maximum Gasteiger partial charge on any atom is 0.191 e. The Hall–Kier alpha value is -1.60. The van der Waals surface area contributed by atoms with Crippen molar-refractivity contribution in [3.8, 4) is 0 Å². The zero-order chi connectivity index (χ0) is 18.9. The van der Waals surface area contributed by atoms with Crippen LogP contribution in [-0.4, -0.2) is 73.1 Å². The van der Waals surface area contributed by atoms with Crippen molar-refractivity contribution in [3.63, 3.8) is 0 Å². The van der Waals surface area contributed by atoms with E-state index in [2.05, 4.69) is 57.1 Å². The van der Waals surface area contributed by atoms with Crippen molar-refractivity contribution >= 4 is 5.96 Å². The molecule has 7 nitrogen and oxygen atoms in total. The van der Waals surface area contributed by atoms with Crippen LogP contribution < -0.4 is 10.6 Å². The van der Waals surface area contributed by atoms with Crippen LogP contribution in [-0.2, 0) is 11.3 Å². The Labute approximate surface area is 158 Å². The van der Waals surface area contributed by atoms with Gasteiger partial charge in [0.2, 0.25) is 0 Å². The summed E-state index contributed by atoms with van der Waals surface area (Å²) in [6.07, 6.45) is 1.22. The van der Waals surface area contributed by atoms with Gasteiger partial charge in [-0.25, -0.2) is 0 Å². The molecule has 1 atom stereocenters. The lowest BCUT2D eigenvalue weighted by Gasteiger charge is -2.34. The minimum Gasteiger partial charge on any atom is -0.374 e. The van der Waals surface area contributed by atoms with E-state index in [1.54, 1.807) is 0 Å². The smallest absolute Gasteiger partial charge is 0.191 e. The number of ether oxygens (including phenoxy) is 1. The first kappa shape index (κ1) is 20.7. The van der Waals surface area contributed by atoms with Crippen LogP contribution in [0.4, 0.5) is 0 Å². The van der Waals surface area contributed by atoms with Crippen LogP contribution in [0.15, 0.2) is 11.1 Å². The average molecular weight is 365 g/mol. The second-order valence-electron chi connectivity index (χ2n) is 7.53. The summed E-state index contributed by atoms with van der Waals surface area (Å²) in [5, 5.41) is 11.3. The van der Waals surface area contributed by atoms with E-state index >= 15 is 0 Å². The summed E-state index contributed by atoms with van der Waals surface area (Å²) in [5.74, 6) is 1.53. The molecule has 1 saturated heterocycles. The molecule has 1 aromatic rings. The molecule has 0 bridgehead atoms. The molecular formula is C19H36N6O.